The first-order valence-electron chi connectivity index (χ1n) is 9.43. The molecule has 0 spiro atoms. The number of aliphatic hydroxyl groups excluding tert-OH is 1. The number of carbonyl (C=O) groups is 1. The minimum atomic E-state index is -1.39. The minimum absolute atomic E-state index is 0.0165. The van der Waals surface area contributed by atoms with E-state index in [1.807, 2.05) is 24.3 Å². The molecule has 1 atom stereocenters. The first kappa shape index (κ1) is 19.1. The Morgan fingerprint density at radius 3 is 2.90 bits per heavy atom. The van der Waals surface area contributed by atoms with Gasteiger partial charge in [0, 0.05) is 39.0 Å². The fraction of sp³-hybridized carbons (Fsp3) is 0.174. The van der Waals surface area contributed by atoms with Crippen molar-refractivity contribution < 1.29 is 14.6 Å². The summed E-state index contributed by atoms with van der Waals surface area (Å²) in [6.45, 7) is 0.393. The topological polar surface area (TPSA) is 81.4 Å². The lowest BCUT2D eigenvalue weighted by Gasteiger charge is -2.14. The molecule has 0 aliphatic carbocycles. The number of ether oxygens (including phenoxy) is 1. The second-order valence-corrected chi connectivity index (χ2v) is 8.19. The summed E-state index contributed by atoms with van der Waals surface area (Å²) in [6.07, 6.45) is -0.976. The Bertz CT molecular complexity index is 1410. The van der Waals surface area contributed by atoms with Crippen molar-refractivity contribution in [3.05, 3.63) is 74.0 Å². The quantitative estimate of drug-likeness (QED) is 0.323. The van der Waals surface area contributed by atoms with E-state index in [0.717, 1.165) is 31.7 Å². The lowest BCUT2D eigenvalue weighted by molar-refractivity contribution is -0.115. The van der Waals surface area contributed by atoms with E-state index in [2.05, 4.69) is 28.1 Å². The van der Waals surface area contributed by atoms with Crippen LogP contribution in [0.1, 0.15) is 22.8 Å². The zero-order valence-electron chi connectivity index (χ0n) is 16.1. The van der Waals surface area contributed by atoms with Gasteiger partial charge in [-0.3, -0.25) is 4.79 Å². The highest BCUT2D eigenvalue weighted by atomic mass is 79.9. The number of aldehydes is 1. The molecular weight excluding hydrogens is 448 g/mol. The molecule has 7 heteroatoms. The SMILES string of the molecule is COCc1c(C(O)C=O)cc2n(c1=O)Cc1cc3c(ccc4cccc(Br)c43)nc1-2. The van der Waals surface area contributed by atoms with Crippen molar-refractivity contribution in [1.29, 1.82) is 0 Å². The van der Waals surface area contributed by atoms with Gasteiger partial charge in [-0.15, -0.1) is 0 Å². The summed E-state index contributed by atoms with van der Waals surface area (Å²) in [7, 11) is 1.47. The average Bonchev–Trinajstić information content (AvgIpc) is 3.11. The second-order valence-electron chi connectivity index (χ2n) is 7.34. The third kappa shape index (κ3) is 2.74. The molecule has 30 heavy (non-hydrogen) atoms. The maximum Gasteiger partial charge on any atom is 0.257 e. The number of rotatable bonds is 4. The van der Waals surface area contributed by atoms with Gasteiger partial charge in [0.25, 0.3) is 5.56 Å². The van der Waals surface area contributed by atoms with Gasteiger partial charge in [0.2, 0.25) is 0 Å². The number of hydrogen-bond acceptors (Lipinski definition) is 5. The van der Waals surface area contributed by atoms with Crippen molar-refractivity contribution in [1.82, 2.24) is 9.55 Å². The Labute approximate surface area is 179 Å². The van der Waals surface area contributed by atoms with Gasteiger partial charge in [0.15, 0.2) is 6.29 Å². The first-order chi connectivity index (χ1) is 14.5. The van der Waals surface area contributed by atoms with E-state index in [4.69, 9.17) is 9.72 Å². The molecule has 0 amide bonds. The maximum absolute atomic E-state index is 13.1. The third-order valence-electron chi connectivity index (χ3n) is 5.61. The number of benzene rings is 2. The highest BCUT2D eigenvalue weighted by molar-refractivity contribution is 9.10. The number of methoxy groups -OCH3 is 1. The van der Waals surface area contributed by atoms with Gasteiger partial charge in [0.1, 0.15) is 6.10 Å². The molecule has 4 aromatic rings. The number of hydrogen-bond donors (Lipinski definition) is 1. The summed E-state index contributed by atoms with van der Waals surface area (Å²) in [6, 6.07) is 13.8. The largest absolute Gasteiger partial charge is 0.381 e. The van der Waals surface area contributed by atoms with Crippen LogP contribution in [0.25, 0.3) is 33.1 Å². The van der Waals surface area contributed by atoms with E-state index >= 15 is 0 Å². The molecule has 3 heterocycles. The van der Waals surface area contributed by atoms with Gasteiger partial charge in [-0.2, -0.15) is 0 Å². The zero-order chi connectivity index (χ0) is 21.0. The number of pyridine rings is 2. The molecule has 0 radical (unpaired) electrons. The predicted molar refractivity (Wildman–Crippen MR) is 117 cm³/mol. The van der Waals surface area contributed by atoms with Crippen molar-refractivity contribution in [3.63, 3.8) is 0 Å². The number of fused-ring (bicyclic) bond motifs is 6. The number of aromatic nitrogens is 2. The fourth-order valence-electron chi connectivity index (χ4n) is 4.23. The molecule has 0 saturated carbocycles. The number of halogens is 1. The molecule has 2 aromatic heterocycles. The molecule has 0 fully saturated rings. The normalized spacial score (nSPS) is 13.4. The van der Waals surface area contributed by atoms with Crippen molar-refractivity contribution in [2.24, 2.45) is 0 Å². The lowest BCUT2D eigenvalue weighted by atomic mass is 10.0. The van der Waals surface area contributed by atoms with Crippen molar-refractivity contribution in [2.75, 3.05) is 7.11 Å². The third-order valence-corrected chi connectivity index (χ3v) is 6.27. The molecule has 150 valence electrons. The van der Waals surface area contributed by atoms with Crippen LogP contribution in [-0.2, 0) is 22.7 Å². The van der Waals surface area contributed by atoms with Crippen LogP contribution in [0.4, 0.5) is 0 Å². The van der Waals surface area contributed by atoms with Crippen molar-refractivity contribution in [3.8, 4) is 11.4 Å². The molecule has 1 unspecified atom stereocenters. The van der Waals surface area contributed by atoms with Crippen LogP contribution >= 0.6 is 15.9 Å². The van der Waals surface area contributed by atoms with Crippen LogP contribution < -0.4 is 5.56 Å². The number of aliphatic hydroxyl groups is 1. The summed E-state index contributed by atoms with van der Waals surface area (Å²) < 4.78 is 7.76. The monoisotopic (exact) mass is 464 g/mol. The fourth-order valence-corrected chi connectivity index (χ4v) is 4.82. The lowest BCUT2D eigenvalue weighted by Crippen LogP contribution is -2.26. The van der Waals surface area contributed by atoms with E-state index in [1.165, 1.54) is 7.11 Å². The summed E-state index contributed by atoms with van der Waals surface area (Å²) >= 11 is 3.64. The van der Waals surface area contributed by atoms with Crippen LogP contribution in [0.2, 0.25) is 0 Å². The van der Waals surface area contributed by atoms with Crippen molar-refractivity contribution >= 4 is 43.9 Å². The average molecular weight is 465 g/mol. The van der Waals surface area contributed by atoms with Gasteiger partial charge in [-0.1, -0.05) is 34.1 Å². The van der Waals surface area contributed by atoms with Gasteiger partial charge in [-0.05, 0) is 29.7 Å². The molecule has 1 aliphatic heterocycles. The van der Waals surface area contributed by atoms with Gasteiger partial charge in [-0.25, -0.2) is 4.98 Å². The van der Waals surface area contributed by atoms with Crippen LogP contribution in [0.3, 0.4) is 0 Å². The molecule has 0 saturated heterocycles. The van der Waals surface area contributed by atoms with E-state index in [0.29, 0.717) is 24.2 Å². The van der Waals surface area contributed by atoms with Crippen LogP contribution in [0.5, 0.6) is 0 Å². The van der Waals surface area contributed by atoms with E-state index in [9.17, 15) is 14.7 Å². The molecule has 0 bridgehead atoms. The smallest absolute Gasteiger partial charge is 0.257 e. The van der Waals surface area contributed by atoms with Crippen molar-refractivity contribution in [2.45, 2.75) is 19.3 Å². The van der Waals surface area contributed by atoms with Gasteiger partial charge in [0.05, 0.1) is 30.1 Å². The van der Waals surface area contributed by atoms with Gasteiger partial charge >= 0.3 is 0 Å². The Kier molecular flexibility index (Phi) is 4.54. The molecule has 2 aromatic carbocycles. The molecule has 5 rings (SSSR count). The Morgan fingerprint density at radius 2 is 2.13 bits per heavy atom. The standard InChI is InChI=1S/C23H17BrN2O4/c1-30-11-16-14(20(28)10-27)8-19-22-13(9-26(19)23(16)29)7-15-18(25-22)6-5-12-3-2-4-17(24)21(12)15/h2-8,10,20,28H,9,11H2,1H3. The Morgan fingerprint density at radius 1 is 1.30 bits per heavy atom. The van der Waals surface area contributed by atoms with E-state index in [1.54, 1.807) is 10.6 Å². The number of nitrogens with zero attached hydrogens (tertiary/aromatic N) is 2. The first-order valence-corrected chi connectivity index (χ1v) is 10.2. The summed E-state index contributed by atoms with van der Waals surface area (Å²) in [5.41, 5.74) is 3.29. The highest BCUT2D eigenvalue weighted by Gasteiger charge is 2.27. The van der Waals surface area contributed by atoms with Crippen LogP contribution in [-0.4, -0.2) is 28.1 Å². The minimum Gasteiger partial charge on any atom is -0.381 e. The van der Waals surface area contributed by atoms with Crippen LogP contribution in [0, 0.1) is 0 Å². The summed E-state index contributed by atoms with van der Waals surface area (Å²) in [5, 5.41) is 13.3. The van der Waals surface area contributed by atoms with Crippen LogP contribution in [0.15, 0.2) is 51.7 Å². The molecular formula is C23H17BrN2O4. The predicted octanol–water partition coefficient (Wildman–Crippen LogP) is 3.72. The Balaban J connectivity index is 1.80. The highest BCUT2D eigenvalue weighted by Crippen LogP contribution is 2.37. The Hall–Kier alpha value is -2.87. The van der Waals surface area contributed by atoms with Gasteiger partial charge < -0.3 is 19.2 Å². The molecule has 1 aliphatic rings. The summed E-state index contributed by atoms with van der Waals surface area (Å²) in [5.74, 6) is 0. The summed E-state index contributed by atoms with van der Waals surface area (Å²) in [4.78, 5) is 29.2. The number of carbonyl (C=O) groups excluding carboxylic acids is 1. The molecule has 1 N–H and O–H groups in total. The van der Waals surface area contributed by atoms with E-state index < -0.39 is 6.10 Å². The molecule has 6 nitrogen and oxygen atoms in total. The van der Waals surface area contributed by atoms with E-state index in [-0.39, 0.29) is 23.3 Å². The zero-order valence-corrected chi connectivity index (χ0v) is 17.6. The second kappa shape index (κ2) is 7.12. The maximum atomic E-state index is 13.1.